The summed E-state index contributed by atoms with van der Waals surface area (Å²) >= 11 is 0. The number of carbonyl (C=O) groups excluding carboxylic acids is 4. The predicted molar refractivity (Wildman–Crippen MR) is 414 cm³/mol. The van der Waals surface area contributed by atoms with Crippen LogP contribution < -0.4 is 0 Å². The number of carbonyl (C=O) groups is 4. The predicted octanol–water partition coefficient (Wildman–Crippen LogP) is 24.4. The smallest absolute Gasteiger partial charge is 0.462 e. The van der Waals surface area contributed by atoms with Gasteiger partial charge in [-0.15, -0.1) is 0 Å². The Hall–Kier alpha value is -1.94. The summed E-state index contributed by atoms with van der Waals surface area (Å²) in [5.74, 6) is 1.01. The Balaban J connectivity index is 5.23. The second-order valence-electron chi connectivity index (χ2n) is 31.2. The standard InChI is InChI=1S/C82H160O17P2/c1-9-75(8)61-53-45-37-29-25-26-30-38-46-54-62-79(84)92-68-77(98-81(86)64-56-48-39-31-23-19-15-11-10-13-17-21-27-34-42-50-58-72(2)3)70-96-100(88,89)94-66-76(83)67-95-101(90,91)97-71-78(69-93-80(85)63-55-47-41-33-36-44-52-60-74(6)7)99-82(87)65-57-49-40-32-24-20-16-12-14-18-22-28-35-43-51-59-73(4)5/h72-78,83H,9-71H2,1-8H3,(H,88,89)(H,90,91)/t75?,76?,77-,78-/m1/s1. The summed E-state index contributed by atoms with van der Waals surface area (Å²) in [6, 6.07) is 0. The molecular formula is C82H160O17P2. The molecule has 0 saturated carbocycles. The van der Waals surface area contributed by atoms with Gasteiger partial charge in [0, 0.05) is 25.7 Å². The van der Waals surface area contributed by atoms with Crippen LogP contribution in [0.2, 0.25) is 0 Å². The number of ether oxygens (including phenoxy) is 4. The van der Waals surface area contributed by atoms with Crippen molar-refractivity contribution in [3.63, 3.8) is 0 Å². The average Bonchev–Trinajstić information content (AvgIpc) is 0.919. The number of phosphoric acid groups is 2. The maximum Gasteiger partial charge on any atom is 0.472 e. The Morgan fingerprint density at radius 3 is 0.703 bits per heavy atom. The Morgan fingerprint density at radius 1 is 0.277 bits per heavy atom. The normalized spacial score (nSPS) is 14.3. The van der Waals surface area contributed by atoms with Crippen LogP contribution in [0.1, 0.15) is 421 Å². The van der Waals surface area contributed by atoms with Gasteiger partial charge in [0.2, 0.25) is 0 Å². The molecule has 0 aromatic rings. The number of esters is 4. The van der Waals surface area contributed by atoms with Crippen molar-refractivity contribution in [2.24, 2.45) is 23.7 Å². The van der Waals surface area contributed by atoms with Crippen molar-refractivity contribution in [3.8, 4) is 0 Å². The van der Waals surface area contributed by atoms with Gasteiger partial charge >= 0.3 is 39.5 Å². The summed E-state index contributed by atoms with van der Waals surface area (Å²) in [5.41, 5.74) is 0. The molecule has 0 saturated heterocycles. The van der Waals surface area contributed by atoms with Crippen LogP contribution in [0, 0.1) is 23.7 Å². The lowest BCUT2D eigenvalue weighted by Crippen LogP contribution is -2.30. The fourth-order valence-corrected chi connectivity index (χ4v) is 14.2. The third kappa shape index (κ3) is 74.7. The number of unbranched alkanes of at least 4 members (excludes halogenated alkanes) is 44. The molecule has 600 valence electrons. The molecule has 0 radical (unpaired) electrons. The molecule has 0 aliphatic heterocycles. The summed E-state index contributed by atoms with van der Waals surface area (Å²) < 4.78 is 68.8. The van der Waals surface area contributed by atoms with Crippen molar-refractivity contribution < 1.29 is 80.2 Å². The second kappa shape index (κ2) is 71.0. The fourth-order valence-electron chi connectivity index (χ4n) is 12.6. The van der Waals surface area contributed by atoms with E-state index < -0.39 is 97.5 Å². The molecule has 19 heteroatoms. The fraction of sp³-hybridized carbons (Fsp3) is 0.951. The molecule has 0 fully saturated rings. The van der Waals surface area contributed by atoms with E-state index >= 15 is 0 Å². The van der Waals surface area contributed by atoms with E-state index in [4.69, 9.17) is 37.0 Å². The first-order valence-corrected chi connectivity index (χ1v) is 45.2. The number of rotatable bonds is 79. The minimum atomic E-state index is -4.96. The van der Waals surface area contributed by atoms with Gasteiger partial charge in [-0.25, -0.2) is 9.13 Å². The number of hydrogen-bond acceptors (Lipinski definition) is 15. The van der Waals surface area contributed by atoms with Crippen LogP contribution in [0.3, 0.4) is 0 Å². The summed E-state index contributed by atoms with van der Waals surface area (Å²) in [6.07, 6.45) is 58.3. The van der Waals surface area contributed by atoms with E-state index in [1.807, 2.05) is 0 Å². The SMILES string of the molecule is CCC(C)CCCCCCCCCCCCC(=O)OC[C@H](COP(=O)(O)OCC(O)COP(=O)(O)OC[C@@H](COC(=O)CCCCCCCCCC(C)C)OC(=O)CCCCCCCCCCCCCCCCCC(C)C)OC(=O)CCCCCCCCCCCCCCCCCCC(C)C. The van der Waals surface area contributed by atoms with Gasteiger partial charge in [-0.3, -0.25) is 37.3 Å². The summed E-state index contributed by atoms with van der Waals surface area (Å²) in [4.78, 5) is 73.1. The maximum absolute atomic E-state index is 13.1. The van der Waals surface area contributed by atoms with Gasteiger partial charge in [-0.1, -0.05) is 370 Å². The highest BCUT2D eigenvalue weighted by atomic mass is 31.2. The molecule has 17 nitrogen and oxygen atoms in total. The molecule has 4 unspecified atom stereocenters. The van der Waals surface area contributed by atoms with E-state index in [-0.39, 0.29) is 25.7 Å². The van der Waals surface area contributed by atoms with Gasteiger partial charge in [-0.2, -0.15) is 0 Å². The van der Waals surface area contributed by atoms with E-state index in [1.165, 1.54) is 218 Å². The Morgan fingerprint density at radius 2 is 0.475 bits per heavy atom. The first-order valence-electron chi connectivity index (χ1n) is 42.2. The lowest BCUT2D eigenvalue weighted by molar-refractivity contribution is -0.161. The van der Waals surface area contributed by atoms with Gasteiger partial charge in [0.1, 0.15) is 19.3 Å². The highest BCUT2D eigenvalue weighted by Crippen LogP contribution is 2.45. The van der Waals surface area contributed by atoms with Crippen molar-refractivity contribution in [2.75, 3.05) is 39.6 Å². The molecular weight excluding hydrogens is 1320 g/mol. The number of phosphoric ester groups is 2. The third-order valence-corrected chi connectivity index (χ3v) is 21.3. The van der Waals surface area contributed by atoms with Crippen LogP contribution in [0.4, 0.5) is 0 Å². The van der Waals surface area contributed by atoms with Crippen LogP contribution in [0.25, 0.3) is 0 Å². The van der Waals surface area contributed by atoms with Crippen molar-refractivity contribution in [3.05, 3.63) is 0 Å². The minimum absolute atomic E-state index is 0.107. The quantitative estimate of drug-likeness (QED) is 0.0222. The van der Waals surface area contributed by atoms with E-state index in [0.29, 0.717) is 31.6 Å². The molecule has 0 spiro atoms. The number of hydrogen-bond donors (Lipinski definition) is 3. The monoisotopic (exact) mass is 1480 g/mol. The van der Waals surface area contributed by atoms with Crippen LogP contribution in [-0.2, 0) is 65.4 Å². The Kier molecular flexibility index (Phi) is 69.6. The molecule has 3 N–H and O–H groups in total. The summed E-state index contributed by atoms with van der Waals surface area (Å²) in [5, 5.41) is 10.6. The lowest BCUT2D eigenvalue weighted by atomic mass is 9.99. The number of aliphatic hydroxyl groups is 1. The largest absolute Gasteiger partial charge is 0.472 e. The van der Waals surface area contributed by atoms with Crippen LogP contribution in [0.5, 0.6) is 0 Å². The van der Waals surface area contributed by atoms with Gasteiger partial charge in [-0.05, 0) is 49.4 Å². The molecule has 0 bridgehead atoms. The van der Waals surface area contributed by atoms with Gasteiger partial charge in [0.15, 0.2) is 12.2 Å². The molecule has 0 amide bonds. The molecule has 0 heterocycles. The first-order chi connectivity index (χ1) is 48.6. The van der Waals surface area contributed by atoms with Crippen molar-refractivity contribution in [1.82, 2.24) is 0 Å². The molecule has 0 aromatic heterocycles. The van der Waals surface area contributed by atoms with Crippen LogP contribution in [0.15, 0.2) is 0 Å². The van der Waals surface area contributed by atoms with Gasteiger partial charge in [0.05, 0.1) is 26.4 Å². The van der Waals surface area contributed by atoms with E-state index in [1.54, 1.807) is 0 Å². The molecule has 0 aliphatic rings. The molecule has 0 aromatic carbocycles. The summed E-state index contributed by atoms with van der Waals surface area (Å²) in [6.45, 7) is 14.3. The first kappa shape index (κ1) is 99.1. The van der Waals surface area contributed by atoms with Crippen LogP contribution >= 0.6 is 15.6 Å². The van der Waals surface area contributed by atoms with Crippen molar-refractivity contribution in [2.45, 2.75) is 440 Å². The lowest BCUT2D eigenvalue weighted by Gasteiger charge is -2.21. The Labute approximate surface area is 619 Å². The minimum Gasteiger partial charge on any atom is -0.462 e. The van der Waals surface area contributed by atoms with E-state index in [9.17, 15) is 43.2 Å². The average molecular weight is 1480 g/mol. The molecule has 0 aliphatic carbocycles. The third-order valence-electron chi connectivity index (χ3n) is 19.4. The zero-order valence-corrected chi connectivity index (χ0v) is 68.3. The molecule has 6 atom stereocenters. The molecule has 0 rings (SSSR count). The zero-order valence-electron chi connectivity index (χ0n) is 66.5. The van der Waals surface area contributed by atoms with E-state index in [2.05, 4.69) is 55.4 Å². The van der Waals surface area contributed by atoms with Crippen molar-refractivity contribution in [1.29, 1.82) is 0 Å². The van der Waals surface area contributed by atoms with Crippen LogP contribution in [-0.4, -0.2) is 96.7 Å². The van der Waals surface area contributed by atoms with Gasteiger partial charge in [0.25, 0.3) is 0 Å². The second-order valence-corrected chi connectivity index (χ2v) is 34.1. The zero-order chi connectivity index (χ0) is 74.6. The van der Waals surface area contributed by atoms with E-state index in [0.717, 1.165) is 114 Å². The summed E-state index contributed by atoms with van der Waals surface area (Å²) in [7, 11) is -9.92. The highest BCUT2D eigenvalue weighted by Gasteiger charge is 2.30. The Bertz CT molecular complexity index is 1970. The van der Waals surface area contributed by atoms with Crippen molar-refractivity contribution >= 4 is 39.5 Å². The maximum atomic E-state index is 13.1. The number of aliphatic hydroxyl groups excluding tert-OH is 1. The van der Waals surface area contributed by atoms with Gasteiger partial charge < -0.3 is 33.8 Å². The highest BCUT2D eigenvalue weighted by molar-refractivity contribution is 7.47. The topological polar surface area (TPSA) is 237 Å². The molecule has 101 heavy (non-hydrogen) atoms.